The third-order valence-electron chi connectivity index (χ3n) is 10.1. The van der Waals surface area contributed by atoms with E-state index in [0.717, 1.165) is 39.2 Å². The number of aromatic nitrogens is 1. The summed E-state index contributed by atoms with van der Waals surface area (Å²) in [6.07, 6.45) is 3.84. The monoisotopic (exact) mass is 637 g/mol. The lowest BCUT2D eigenvalue weighted by Gasteiger charge is -2.26. The molecule has 234 valence electrons. The number of nitrogens with zero attached hydrogens (tertiary/aromatic N) is 2. The van der Waals surface area contributed by atoms with Crippen LogP contribution in [-0.2, 0) is 0 Å². The second-order valence-electron chi connectivity index (χ2n) is 13.0. The highest BCUT2D eigenvalue weighted by molar-refractivity contribution is 6.24. The number of hydrogen-bond acceptors (Lipinski definition) is 3. The lowest BCUT2D eigenvalue weighted by atomic mass is 9.91. The molecule has 0 aliphatic carbocycles. The van der Waals surface area contributed by atoms with Gasteiger partial charge in [0.2, 0.25) is 0 Å². The van der Waals surface area contributed by atoms with Gasteiger partial charge in [0.25, 0.3) is 0 Å². The van der Waals surface area contributed by atoms with Crippen LogP contribution in [0.5, 0.6) is 0 Å². The van der Waals surface area contributed by atoms with E-state index >= 15 is 0 Å². The fraction of sp³-hybridized carbons (Fsp3) is 0.0213. The predicted octanol–water partition coefficient (Wildman–Crippen LogP) is 11.6. The first-order valence-electron chi connectivity index (χ1n) is 17.1. The predicted molar refractivity (Wildman–Crippen MR) is 210 cm³/mol. The van der Waals surface area contributed by atoms with Crippen molar-refractivity contribution in [2.75, 3.05) is 0 Å². The fourth-order valence-corrected chi connectivity index (χ4v) is 7.71. The van der Waals surface area contributed by atoms with Gasteiger partial charge in [0, 0.05) is 34.0 Å². The summed E-state index contributed by atoms with van der Waals surface area (Å²) in [6.45, 7) is 0. The molecule has 1 unspecified atom stereocenters. The standard InChI is InChI=1S/C47H31N3/c1-6-16-37-30(11-1)25-26-48-46(37)31-21-23-32(24-22-31)47-49-44(42-27-33-12-2-4-14-35(33)38-17-7-9-19-40(38)42)29-45(50-47)43-28-34-13-3-5-15-36(34)39-18-8-10-20-41(39)43/h1-29,47,49H. The van der Waals surface area contributed by atoms with Crippen molar-refractivity contribution in [1.29, 1.82) is 0 Å². The molecule has 1 aliphatic heterocycles. The average molecular weight is 638 g/mol. The summed E-state index contributed by atoms with van der Waals surface area (Å²) < 4.78 is 0. The molecule has 1 aromatic heterocycles. The third kappa shape index (κ3) is 4.67. The number of nitrogens with one attached hydrogen (secondary N) is 1. The van der Waals surface area contributed by atoms with Crippen molar-refractivity contribution < 1.29 is 0 Å². The second-order valence-corrected chi connectivity index (χ2v) is 13.0. The van der Waals surface area contributed by atoms with Gasteiger partial charge in [-0.1, -0.05) is 146 Å². The molecule has 0 spiro atoms. The first-order chi connectivity index (χ1) is 24.8. The zero-order chi connectivity index (χ0) is 33.0. The minimum Gasteiger partial charge on any atom is -0.359 e. The Kier molecular flexibility index (Phi) is 6.56. The summed E-state index contributed by atoms with van der Waals surface area (Å²) >= 11 is 0. The van der Waals surface area contributed by atoms with Crippen molar-refractivity contribution in [2.24, 2.45) is 4.99 Å². The van der Waals surface area contributed by atoms with E-state index in [-0.39, 0.29) is 6.17 Å². The molecule has 0 saturated carbocycles. The zero-order valence-corrected chi connectivity index (χ0v) is 27.2. The van der Waals surface area contributed by atoms with Crippen LogP contribution in [0.3, 0.4) is 0 Å². The Morgan fingerprint density at radius 2 is 0.960 bits per heavy atom. The Bertz CT molecular complexity index is 2840. The van der Waals surface area contributed by atoms with Crippen LogP contribution in [-0.4, -0.2) is 10.7 Å². The average Bonchev–Trinajstić information content (AvgIpc) is 3.20. The first-order valence-corrected chi connectivity index (χ1v) is 17.1. The SMILES string of the molecule is C1=C(c2cc3ccccc3c3ccccc23)NC(c2ccc(-c3nccc4ccccc34)cc2)N=C1c1cc2ccccc2c2ccccc12. The number of rotatable bonds is 4. The molecule has 0 saturated heterocycles. The Morgan fingerprint density at radius 3 is 1.62 bits per heavy atom. The first kappa shape index (κ1) is 28.4. The minimum atomic E-state index is -0.296. The molecule has 1 aliphatic rings. The summed E-state index contributed by atoms with van der Waals surface area (Å²) in [7, 11) is 0. The van der Waals surface area contributed by atoms with Gasteiger partial charge < -0.3 is 5.32 Å². The maximum Gasteiger partial charge on any atom is 0.145 e. The van der Waals surface area contributed by atoms with E-state index in [1.807, 2.05) is 6.20 Å². The molecule has 0 amide bonds. The normalized spacial score (nSPS) is 14.6. The topological polar surface area (TPSA) is 37.3 Å². The molecular weight excluding hydrogens is 607 g/mol. The van der Waals surface area contributed by atoms with Crippen LogP contribution < -0.4 is 5.32 Å². The highest BCUT2D eigenvalue weighted by Gasteiger charge is 2.23. The smallest absolute Gasteiger partial charge is 0.145 e. The summed E-state index contributed by atoms with van der Waals surface area (Å²) in [5.41, 5.74) is 7.47. The van der Waals surface area contributed by atoms with Crippen LogP contribution in [0.1, 0.15) is 22.9 Å². The minimum absolute atomic E-state index is 0.296. The molecule has 9 aromatic rings. The zero-order valence-electron chi connectivity index (χ0n) is 27.2. The van der Waals surface area contributed by atoms with Crippen molar-refractivity contribution in [3.8, 4) is 11.3 Å². The van der Waals surface area contributed by atoms with E-state index in [1.165, 1.54) is 54.0 Å². The molecule has 2 heterocycles. The number of pyridine rings is 1. The van der Waals surface area contributed by atoms with Crippen LogP contribution >= 0.6 is 0 Å². The molecule has 0 bridgehead atoms. The summed E-state index contributed by atoms with van der Waals surface area (Å²) in [4.78, 5) is 10.2. The fourth-order valence-electron chi connectivity index (χ4n) is 7.71. The molecular formula is C47H31N3. The summed E-state index contributed by atoms with van der Waals surface area (Å²) in [5.74, 6) is 0. The van der Waals surface area contributed by atoms with Gasteiger partial charge >= 0.3 is 0 Å². The lowest BCUT2D eigenvalue weighted by molar-refractivity contribution is 0.665. The Labute approximate surface area is 289 Å². The van der Waals surface area contributed by atoms with E-state index in [9.17, 15) is 0 Å². The maximum atomic E-state index is 5.46. The Morgan fingerprint density at radius 1 is 0.440 bits per heavy atom. The largest absolute Gasteiger partial charge is 0.359 e. The van der Waals surface area contributed by atoms with Gasteiger partial charge in [0.1, 0.15) is 6.17 Å². The highest BCUT2D eigenvalue weighted by Crippen LogP contribution is 2.37. The molecule has 3 nitrogen and oxygen atoms in total. The van der Waals surface area contributed by atoms with Gasteiger partial charge in [-0.2, -0.15) is 0 Å². The number of hydrogen-bond donors (Lipinski definition) is 1. The van der Waals surface area contributed by atoms with Crippen molar-refractivity contribution in [3.05, 3.63) is 193 Å². The van der Waals surface area contributed by atoms with Crippen molar-refractivity contribution >= 4 is 65.3 Å². The van der Waals surface area contributed by atoms with Gasteiger partial charge in [-0.05, 0) is 78.3 Å². The Balaban J connectivity index is 1.17. The van der Waals surface area contributed by atoms with Crippen molar-refractivity contribution in [3.63, 3.8) is 0 Å². The van der Waals surface area contributed by atoms with Crippen LogP contribution in [0.15, 0.2) is 181 Å². The van der Waals surface area contributed by atoms with E-state index in [0.29, 0.717) is 0 Å². The van der Waals surface area contributed by atoms with E-state index in [1.54, 1.807) is 0 Å². The summed E-state index contributed by atoms with van der Waals surface area (Å²) in [5, 5.41) is 16.0. The Hall–Kier alpha value is -6.58. The molecule has 0 radical (unpaired) electrons. The molecule has 3 heteroatoms. The molecule has 1 atom stereocenters. The van der Waals surface area contributed by atoms with Gasteiger partial charge in [0.05, 0.1) is 11.4 Å². The molecule has 10 rings (SSSR count). The second kappa shape index (κ2) is 11.5. The van der Waals surface area contributed by atoms with Gasteiger partial charge in [-0.3, -0.25) is 9.98 Å². The number of aliphatic imine (C=N–C) groups is 1. The molecule has 0 fully saturated rings. The van der Waals surface area contributed by atoms with E-state index in [4.69, 9.17) is 9.98 Å². The van der Waals surface area contributed by atoms with Crippen LogP contribution in [0.2, 0.25) is 0 Å². The van der Waals surface area contributed by atoms with Gasteiger partial charge in [-0.15, -0.1) is 0 Å². The van der Waals surface area contributed by atoms with E-state index < -0.39 is 0 Å². The number of allylic oxidation sites excluding steroid dienone is 1. The highest BCUT2D eigenvalue weighted by atomic mass is 15.1. The third-order valence-corrected chi connectivity index (χ3v) is 10.1. The quantitative estimate of drug-likeness (QED) is 0.195. The number of benzene rings is 8. The summed E-state index contributed by atoms with van der Waals surface area (Å²) in [6, 6.07) is 58.6. The molecule has 1 N–H and O–H groups in total. The molecule has 8 aromatic carbocycles. The van der Waals surface area contributed by atoms with Gasteiger partial charge in [-0.25, -0.2) is 0 Å². The van der Waals surface area contributed by atoms with E-state index in [2.05, 4.69) is 175 Å². The van der Waals surface area contributed by atoms with Gasteiger partial charge in [0.15, 0.2) is 0 Å². The number of fused-ring (bicyclic) bond motifs is 7. The van der Waals surface area contributed by atoms with Crippen LogP contribution in [0.4, 0.5) is 0 Å². The van der Waals surface area contributed by atoms with Crippen molar-refractivity contribution in [2.45, 2.75) is 6.17 Å². The maximum absolute atomic E-state index is 5.46. The van der Waals surface area contributed by atoms with Crippen LogP contribution in [0, 0.1) is 0 Å². The van der Waals surface area contributed by atoms with Crippen LogP contribution in [0.25, 0.3) is 70.8 Å². The molecule has 50 heavy (non-hydrogen) atoms. The lowest BCUT2D eigenvalue weighted by Crippen LogP contribution is -2.25. The van der Waals surface area contributed by atoms with Crippen molar-refractivity contribution in [1.82, 2.24) is 10.3 Å².